The molecule has 1 aromatic heterocycles. The van der Waals surface area contributed by atoms with Crippen LogP contribution in [0.5, 0.6) is 0 Å². The third-order valence-corrected chi connectivity index (χ3v) is 2.87. The highest BCUT2D eigenvalue weighted by Crippen LogP contribution is 2.05. The molecule has 0 aliphatic carbocycles. The van der Waals surface area contributed by atoms with Gasteiger partial charge < -0.3 is 5.73 Å². The van der Waals surface area contributed by atoms with Gasteiger partial charge in [-0.1, -0.05) is 30.4 Å². The molecule has 0 bridgehead atoms. The smallest absolute Gasteiger partial charge is 0.173 e. The monoisotopic (exact) mass is 243 g/mol. The van der Waals surface area contributed by atoms with Gasteiger partial charge in [0.05, 0.1) is 0 Å². The number of thiocarbonyl (C=S) groups is 1. The first-order valence-corrected chi connectivity index (χ1v) is 5.90. The molecule has 2 aromatic rings. The van der Waals surface area contributed by atoms with E-state index in [-0.39, 0.29) is 0 Å². The van der Waals surface area contributed by atoms with Crippen LogP contribution < -0.4 is 10.3 Å². The van der Waals surface area contributed by atoms with E-state index in [2.05, 4.69) is 42.1 Å². The normalized spacial score (nSPS) is 10.2. The van der Waals surface area contributed by atoms with Gasteiger partial charge in [0, 0.05) is 23.3 Å². The second-order valence-electron chi connectivity index (χ2n) is 4.11. The molecular formula is C14H15N2S+. The summed E-state index contributed by atoms with van der Waals surface area (Å²) >= 11 is 4.97. The molecule has 0 spiro atoms. The summed E-state index contributed by atoms with van der Waals surface area (Å²) in [6.07, 6.45) is 4.14. The van der Waals surface area contributed by atoms with Gasteiger partial charge in [-0.05, 0) is 18.6 Å². The molecule has 0 fully saturated rings. The van der Waals surface area contributed by atoms with Gasteiger partial charge in [-0.25, -0.2) is 4.57 Å². The number of nitrogens with two attached hydrogens (primary N) is 1. The maximum Gasteiger partial charge on any atom is 0.173 e. The summed E-state index contributed by atoms with van der Waals surface area (Å²) in [6.45, 7) is 2.91. The number of rotatable bonds is 3. The van der Waals surface area contributed by atoms with Crippen LogP contribution in [0.3, 0.4) is 0 Å². The largest absolute Gasteiger partial charge is 0.389 e. The SMILES string of the molecule is Cc1cc[n+](Cc2cccc(C(N)=S)c2)cc1. The Morgan fingerprint density at radius 1 is 1.24 bits per heavy atom. The van der Waals surface area contributed by atoms with E-state index in [0.717, 1.165) is 12.1 Å². The third kappa shape index (κ3) is 3.11. The zero-order valence-electron chi connectivity index (χ0n) is 9.76. The molecule has 3 heteroatoms. The van der Waals surface area contributed by atoms with E-state index in [1.165, 1.54) is 11.1 Å². The first kappa shape index (κ1) is 11.7. The first-order chi connectivity index (χ1) is 8.15. The lowest BCUT2D eigenvalue weighted by Crippen LogP contribution is -2.33. The number of benzene rings is 1. The second kappa shape index (κ2) is 5.06. The lowest BCUT2D eigenvalue weighted by molar-refractivity contribution is -0.688. The van der Waals surface area contributed by atoms with Crippen LogP contribution in [-0.4, -0.2) is 4.99 Å². The van der Waals surface area contributed by atoms with Crippen molar-refractivity contribution in [3.63, 3.8) is 0 Å². The van der Waals surface area contributed by atoms with Crippen molar-refractivity contribution in [2.24, 2.45) is 5.73 Å². The standard InChI is InChI=1S/C14H14N2S/c1-11-5-7-16(8-6-11)10-12-3-2-4-13(9-12)14(15)17/h2-9H,10H2,1H3,(H-,15,17)/p+1. The van der Waals surface area contributed by atoms with E-state index in [4.69, 9.17) is 18.0 Å². The molecule has 0 radical (unpaired) electrons. The van der Waals surface area contributed by atoms with Crippen LogP contribution in [0.1, 0.15) is 16.7 Å². The minimum absolute atomic E-state index is 0.445. The molecule has 1 heterocycles. The molecule has 1 aromatic carbocycles. The molecule has 0 atom stereocenters. The Morgan fingerprint density at radius 3 is 2.59 bits per heavy atom. The summed E-state index contributed by atoms with van der Waals surface area (Å²) in [6, 6.07) is 12.2. The van der Waals surface area contributed by atoms with Gasteiger partial charge in [0.25, 0.3) is 0 Å². The van der Waals surface area contributed by atoms with E-state index in [1.807, 2.05) is 18.2 Å². The summed E-state index contributed by atoms with van der Waals surface area (Å²) in [7, 11) is 0. The van der Waals surface area contributed by atoms with Crippen molar-refractivity contribution < 1.29 is 4.57 Å². The third-order valence-electron chi connectivity index (χ3n) is 2.63. The average Bonchev–Trinajstić information content (AvgIpc) is 2.32. The van der Waals surface area contributed by atoms with Crippen molar-refractivity contribution in [2.75, 3.05) is 0 Å². The molecule has 2 rings (SSSR count). The van der Waals surface area contributed by atoms with Crippen molar-refractivity contribution in [1.29, 1.82) is 0 Å². The first-order valence-electron chi connectivity index (χ1n) is 5.49. The van der Waals surface area contributed by atoms with E-state index in [9.17, 15) is 0 Å². The maximum absolute atomic E-state index is 5.62. The van der Waals surface area contributed by atoms with Crippen molar-refractivity contribution >= 4 is 17.2 Å². The Hall–Kier alpha value is -1.74. The van der Waals surface area contributed by atoms with Crippen LogP contribution in [0.25, 0.3) is 0 Å². The van der Waals surface area contributed by atoms with Crippen LogP contribution in [0, 0.1) is 6.92 Å². The Kier molecular flexibility index (Phi) is 3.49. The van der Waals surface area contributed by atoms with Crippen LogP contribution in [-0.2, 0) is 6.54 Å². The summed E-state index contributed by atoms with van der Waals surface area (Å²) in [4.78, 5) is 0.445. The van der Waals surface area contributed by atoms with Gasteiger partial charge in [-0.3, -0.25) is 0 Å². The minimum Gasteiger partial charge on any atom is -0.389 e. The number of pyridine rings is 1. The van der Waals surface area contributed by atoms with E-state index < -0.39 is 0 Å². The lowest BCUT2D eigenvalue weighted by atomic mass is 10.1. The number of aryl methyl sites for hydroxylation is 1. The molecule has 0 aliphatic heterocycles. The van der Waals surface area contributed by atoms with Crippen LogP contribution in [0.2, 0.25) is 0 Å². The molecule has 17 heavy (non-hydrogen) atoms. The molecular weight excluding hydrogens is 228 g/mol. The minimum atomic E-state index is 0.445. The molecule has 2 N–H and O–H groups in total. The van der Waals surface area contributed by atoms with Gasteiger partial charge >= 0.3 is 0 Å². The summed E-state index contributed by atoms with van der Waals surface area (Å²) in [5, 5.41) is 0. The summed E-state index contributed by atoms with van der Waals surface area (Å²) in [5.41, 5.74) is 9.00. The molecule has 0 amide bonds. The van der Waals surface area contributed by atoms with Crippen molar-refractivity contribution in [3.8, 4) is 0 Å². The topological polar surface area (TPSA) is 29.9 Å². The molecule has 2 nitrogen and oxygen atoms in total. The Morgan fingerprint density at radius 2 is 1.94 bits per heavy atom. The van der Waals surface area contributed by atoms with Gasteiger partial charge in [-0.15, -0.1) is 0 Å². The fraction of sp³-hybridized carbons (Fsp3) is 0.143. The van der Waals surface area contributed by atoms with Crippen molar-refractivity contribution in [2.45, 2.75) is 13.5 Å². The van der Waals surface area contributed by atoms with E-state index in [1.54, 1.807) is 0 Å². The maximum atomic E-state index is 5.62. The number of hydrogen-bond donors (Lipinski definition) is 1. The van der Waals surface area contributed by atoms with Gasteiger partial charge in [-0.2, -0.15) is 0 Å². The Balaban J connectivity index is 2.21. The van der Waals surface area contributed by atoms with Crippen molar-refractivity contribution in [1.82, 2.24) is 0 Å². The number of nitrogens with zero attached hydrogens (tertiary/aromatic N) is 1. The highest BCUT2D eigenvalue weighted by molar-refractivity contribution is 7.80. The zero-order valence-corrected chi connectivity index (χ0v) is 10.6. The Bertz CT molecular complexity index is 532. The van der Waals surface area contributed by atoms with E-state index >= 15 is 0 Å². The average molecular weight is 243 g/mol. The van der Waals surface area contributed by atoms with Crippen molar-refractivity contribution in [3.05, 3.63) is 65.5 Å². The molecule has 0 saturated heterocycles. The molecule has 0 unspecified atom stereocenters. The predicted molar refractivity (Wildman–Crippen MR) is 72.8 cm³/mol. The highest BCUT2D eigenvalue weighted by Gasteiger charge is 2.04. The van der Waals surface area contributed by atoms with Crippen LogP contribution in [0.4, 0.5) is 0 Å². The fourth-order valence-electron chi connectivity index (χ4n) is 1.67. The zero-order chi connectivity index (χ0) is 12.3. The molecule has 86 valence electrons. The van der Waals surface area contributed by atoms with E-state index in [0.29, 0.717) is 4.99 Å². The quantitative estimate of drug-likeness (QED) is 0.660. The van der Waals surface area contributed by atoms with Gasteiger partial charge in [0.1, 0.15) is 4.99 Å². The number of aromatic nitrogens is 1. The molecule has 0 aliphatic rings. The Labute approximate surface area is 107 Å². The van der Waals surface area contributed by atoms with Crippen LogP contribution in [0.15, 0.2) is 48.8 Å². The van der Waals surface area contributed by atoms with Crippen LogP contribution >= 0.6 is 12.2 Å². The summed E-state index contributed by atoms with van der Waals surface area (Å²) in [5.74, 6) is 0. The molecule has 0 saturated carbocycles. The second-order valence-corrected chi connectivity index (χ2v) is 4.55. The predicted octanol–water partition coefficient (Wildman–Crippen LogP) is 1.97. The van der Waals surface area contributed by atoms with Gasteiger partial charge in [0.15, 0.2) is 18.9 Å². The number of hydrogen-bond acceptors (Lipinski definition) is 1. The summed E-state index contributed by atoms with van der Waals surface area (Å²) < 4.78 is 2.13. The lowest BCUT2D eigenvalue weighted by Gasteiger charge is -2.01. The fourth-order valence-corrected chi connectivity index (χ4v) is 1.80. The van der Waals surface area contributed by atoms with Gasteiger partial charge in [0.2, 0.25) is 0 Å². The highest BCUT2D eigenvalue weighted by atomic mass is 32.1.